The lowest BCUT2D eigenvalue weighted by Gasteiger charge is -2.06. The van der Waals surface area contributed by atoms with Crippen molar-refractivity contribution in [3.63, 3.8) is 0 Å². The van der Waals surface area contributed by atoms with Crippen LogP contribution in [0.1, 0.15) is 5.56 Å². The number of anilines is 2. The van der Waals surface area contributed by atoms with E-state index in [-0.39, 0.29) is 0 Å². The summed E-state index contributed by atoms with van der Waals surface area (Å²) in [4.78, 5) is 4.20. The molecule has 0 bridgehead atoms. The Kier molecular flexibility index (Phi) is 4.08. The van der Waals surface area contributed by atoms with Crippen molar-refractivity contribution in [1.29, 1.82) is 0 Å². The van der Waals surface area contributed by atoms with Crippen molar-refractivity contribution in [3.05, 3.63) is 36.0 Å². The highest BCUT2D eigenvalue weighted by molar-refractivity contribution is 8.00. The first-order valence-corrected chi connectivity index (χ1v) is 7.73. The van der Waals surface area contributed by atoms with Crippen molar-refractivity contribution in [1.82, 2.24) is 14.8 Å². The number of benzene rings is 1. The van der Waals surface area contributed by atoms with E-state index >= 15 is 0 Å². The molecule has 0 atom stereocenters. The van der Waals surface area contributed by atoms with Gasteiger partial charge in [-0.2, -0.15) is 13.9 Å². The molecule has 3 rings (SSSR count). The second-order valence-corrected chi connectivity index (χ2v) is 5.88. The lowest BCUT2D eigenvalue weighted by Crippen LogP contribution is -1.95. The third-order valence-electron chi connectivity index (χ3n) is 3.50. The number of aromatic nitrogens is 3. The van der Waals surface area contributed by atoms with Gasteiger partial charge in [0.15, 0.2) is 0 Å². The second kappa shape index (κ2) is 6.04. The molecule has 3 aromatic rings. The quantitative estimate of drug-likeness (QED) is 0.710. The SMILES string of the molecule is Cc1cnc(N)c2c(-c3ccc(NSC(F)F)cc3)nn(C)c12. The minimum absolute atomic E-state index is 0.364. The molecule has 2 heterocycles. The van der Waals surface area contributed by atoms with Crippen molar-refractivity contribution in [2.45, 2.75) is 12.7 Å². The average Bonchev–Trinajstić information content (AvgIpc) is 2.88. The Bertz CT molecular complexity index is 845. The Morgan fingerprint density at radius 1 is 1.26 bits per heavy atom. The van der Waals surface area contributed by atoms with Gasteiger partial charge in [-0.3, -0.25) is 4.68 Å². The Hall–Kier alpha value is -2.35. The topological polar surface area (TPSA) is 68.8 Å². The van der Waals surface area contributed by atoms with Crippen LogP contribution in [0.15, 0.2) is 30.5 Å². The van der Waals surface area contributed by atoms with Gasteiger partial charge < -0.3 is 10.5 Å². The summed E-state index contributed by atoms with van der Waals surface area (Å²) in [5.41, 5.74) is 10.1. The summed E-state index contributed by atoms with van der Waals surface area (Å²) in [7, 11) is 1.85. The smallest absolute Gasteiger partial charge is 0.302 e. The first-order chi connectivity index (χ1) is 11.0. The fourth-order valence-electron chi connectivity index (χ4n) is 2.52. The largest absolute Gasteiger partial charge is 0.383 e. The Morgan fingerprint density at radius 2 is 1.96 bits per heavy atom. The van der Waals surface area contributed by atoms with Gasteiger partial charge in [0.25, 0.3) is 0 Å². The summed E-state index contributed by atoms with van der Waals surface area (Å²) in [6.45, 7) is 1.95. The van der Waals surface area contributed by atoms with Gasteiger partial charge in [-0.05, 0) is 24.6 Å². The van der Waals surface area contributed by atoms with Gasteiger partial charge in [-0.25, -0.2) is 4.98 Å². The summed E-state index contributed by atoms with van der Waals surface area (Å²) in [6, 6.07) is 7.09. The molecule has 8 heteroatoms. The predicted molar refractivity (Wildman–Crippen MR) is 90.3 cm³/mol. The number of nitrogens with one attached hydrogen (secondary N) is 1. The monoisotopic (exact) mass is 335 g/mol. The molecule has 1 aromatic carbocycles. The zero-order valence-electron chi connectivity index (χ0n) is 12.5. The van der Waals surface area contributed by atoms with E-state index in [2.05, 4.69) is 14.8 Å². The standard InChI is InChI=1S/C15H15F2N5S/c1-8-7-19-14(18)11-12(20-22(2)13(8)11)9-3-5-10(6-4-9)21-23-15(16)17/h3-7,15,21H,1-2H3,(H2,18,19). The van der Waals surface area contributed by atoms with E-state index in [9.17, 15) is 8.78 Å². The summed E-state index contributed by atoms with van der Waals surface area (Å²) in [5.74, 6) is -2.05. The number of hydrogen-bond acceptors (Lipinski definition) is 5. The van der Waals surface area contributed by atoms with Gasteiger partial charge in [-0.15, -0.1) is 0 Å². The molecule has 0 amide bonds. The highest BCUT2D eigenvalue weighted by Crippen LogP contribution is 2.33. The van der Waals surface area contributed by atoms with Crippen LogP contribution in [0.3, 0.4) is 0 Å². The number of nitrogens with zero attached hydrogens (tertiary/aromatic N) is 3. The molecule has 0 unspecified atom stereocenters. The maximum Gasteiger partial charge on any atom is 0.302 e. The molecular formula is C15H15F2N5S. The molecular weight excluding hydrogens is 320 g/mol. The van der Waals surface area contributed by atoms with Crippen LogP contribution in [0.2, 0.25) is 0 Å². The van der Waals surface area contributed by atoms with Gasteiger partial charge in [0.05, 0.1) is 10.9 Å². The van der Waals surface area contributed by atoms with E-state index < -0.39 is 5.76 Å². The van der Waals surface area contributed by atoms with Crippen LogP contribution in [-0.4, -0.2) is 20.5 Å². The van der Waals surface area contributed by atoms with Crippen molar-refractivity contribution >= 4 is 34.4 Å². The number of fused-ring (bicyclic) bond motifs is 1. The second-order valence-electron chi connectivity index (χ2n) is 5.08. The first-order valence-electron chi connectivity index (χ1n) is 6.85. The molecule has 5 nitrogen and oxygen atoms in total. The van der Waals surface area contributed by atoms with E-state index in [0.717, 1.165) is 27.7 Å². The third kappa shape index (κ3) is 2.94. The van der Waals surface area contributed by atoms with Gasteiger partial charge in [0.2, 0.25) is 0 Å². The molecule has 0 aliphatic rings. The van der Waals surface area contributed by atoms with E-state index in [4.69, 9.17) is 5.73 Å². The summed E-state index contributed by atoms with van der Waals surface area (Å²) in [5, 5.41) is 5.34. The van der Waals surface area contributed by atoms with Crippen LogP contribution in [0.5, 0.6) is 0 Å². The number of alkyl halides is 2. The minimum Gasteiger partial charge on any atom is -0.383 e. The molecule has 0 fully saturated rings. The zero-order valence-corrected chi connectivity index (χ0v) is 13.4. The first kappa shape index (κ1) is 15.5. The number of aryl methyl sites for hydroxylation is 2. The number of hydrogen-bond donors (Lipinski definition) is 2. The predicted octanol–water partition coefficient (Wildman–Crippen LogP) is 3.81. The van der Waals surface area contributed by atoms with Crippen LogP contribution in [-0.2, 0) is 7.05 Å². The molecule has 23 heavy (non-hydrogen) atoms. The summed E-state index contributed by atoms with van der Waals surface area (Å²) < 4.78 is 28.7. The molecule has 0 spiro atoms. The third-order valence-corrected chi connectivity index (χ3v) is 4.03. The van der Waals surface area contributed by atoms with Gasteiger partial charge in [0, 0.05) is 36.4 Å². The van der Waals surface area contributed by atoms with Crippen molar-refractivity contribution in [2.75, 3.05) is 10.5 Å². The van der Waals surface area contributed by atoms with Crippen LogP contribution in [0, 0.1) is 6.92 Å². The summed E-state index contributed by atoms with van der Waals surface area (Å²) >= 11 is 0.364. The molecule has 0 saturated heterocycles. The number of nitrogens with two attached hydrogens (primary N) is 1. The molecule has 120 valence electrons. The van der Waals surface area contributed by atoms with Crippen molar-refractivity contribution < 1.29 is 8.78 Å². The van der Waals surface area contributed by atoms with Crippen LogP contribution in [0.4, 0.5) is 20.3 Å². The number of rotatable bonds is 4. The van der Waals surface area contributed by atoms with E-state index in [1.807, 2.05) is 26.1 Å². The molecule has 2 aromatic heterocycles. The fraction of sp³-hybridized carbons (Fsp3) is 0.200. The number of halogens is 2. The lowest BCUT2D eigenvalue weighted by atomic mass is 10.1. The highest BCUT2D eigenvalue weighted by Gasteiger charge is 2.16. The van der Waals surface area contributed by atoms with Crippen LogP contribution < -0.4 is 10.5 Å². The Morgan fingerprint density at radius 3 is 2.61 bits per heavy atom. The molecule has 0 radical (unpaired) electrons. The Labute approximate surface area is 136 Å². The maximum atomic E-state index is 12.2. The highest BCUT2D eigenvalue weighted by atomic mass is 32.2. The zero-order chi connectivity index (χ0) is 16.6. The molecule has 0 aliphatic heterocycles. The van der Waals surface area contributed by atoms with Gasteiger partial charge >= 0.3 is 5.76 Å². The lowest BCUT2D eigenvalue weighted by molar-refractivity contribution is 0.252. The Balaban J connectivity index is 2.02. The van der Waals surface area contributed by atoms with Crippen LogP contribution >= 0.6 is 11.9 Å². The maximum absolute atomic E-state index is 12.2. The van der Waals surface area contributed by atoms with E-state index in [1.54, 1.807) is 23.0 Å². The van der Waals surface area contributed by atoms with Gasteiger partial charge in [-0.1, -0.05) is 12.1 Å². The number of pyridine rings is 1. The number of nitrogen functional groups attached to an aromatic ring is 1. The van der Waals surface area contributed by atoms with Crippen LogP contribution in [0.25, 0.3) is 22.2 Å². The van der Waals surface area contributed by atoms with Gasteiger partial charge in [0.1, 0.15) is 11.5 Å². The molecule has 0 aliphatic carbocycles. The van der Waals surface area contributed by atoms with E-state index in [0.29, 0.717) is 23.5 Å². The van der Waals surface area contributed by atoms with Crippen molar-refractivity contribution in [3.8, 4) is 11.3 Å². The van der Waals surface area contributed by atoms with Crippen molar-refractivity contribution in [2.24, 2.45) is 7.05 Å². The fourth-order valence-corrected chi connectivity index (χ4v) is 2.88. The molecule has 0 saturated carbocycles. The van der Waals surface area contributed by atoms with E-state index in [1.165, 1.54) is 0 Å². The molecule has 3 N–H and O–H groups in total. The normalized spacial score (nSPS) is 11.3. The minimum atomic E-state index is -2.47. The summed E-state index contributed by atoms with van der Waals surface area (Å²) in [6.07, 6.45) is 1.72. The average molecular weight is 335 g/mol.